The molecule has 1 aliphatic heterocycles. The molecule has 2 N–H and O–H groups in total. The van der Waals surface area contributed by atoms with E-state index in [0.29, 0.717) is 18.9 Å². The number of unbranched alkanes of at least 4 members (excludes halogenated alkanes) is 5. The van der Waals surface area contributed by atoms with E-state index in [-0.39, 0.29) is 11.9 Å². The van der Waals surface area contributed by atoms with E-state index in [4.69, 9.17) is 5.11 Å². The van der Waals surface area contributed by atoms with Crippen molar-refractivity contribution >= 4 is 5.91 Å². The van der Waals surface area contributed by atoms with Gasteiger partial charge in [-0.25, -0.2) is 0 Å². The zero-order chi connectivity index (χ0) is 14.9. The van der Waals surface area contributed by atoms with Crippen LogP contribution in [0.25, 0.3) is 0 Å². The van der Waals surface area contributed by atoms with Gasteiger partial charge in [0.05, 0.1) is 6.04 Å². The number of carbonyl (C=O) groups excluding carboxylic acids is 1. The molecule has 0 aliphatic carbocycles. The highest BCUT2D eigenvalue weighted by atomic mass is 16.2. The summed E-state index contributed by atoms with van der Waals surface area (Å²) >= 11 is 0. The van der Waals surface area contributed by atoms with Crippen molar-refractivity contribution in [2.45, 2.75) is 57.4 Å². The molecule has 21 heavy (non-hydrogen) atoms. The van der Waals surface area contributed by atoms with E-state index in [1.807, 2.05) is 18.2 Å². The highest BCUT2D eigenvalue weighted by molar-refractivity contribution is 5.79. The standard InChI is InChI=1S/C18H27NO2/c20-13-9-4-2-1-3-6-12-16-14-17(21)19-18(16)15-10-7-5-8-11-15/h5,7-8,10-11,16,18,20H,1-4,6,9,12-14H2,(H,19,21)/t16-,18+/m0/s1. The second kappa shape index (κ2) is 8.83. The topological polar surface area (TPSA) is 49.3 Å². The van der Waals surface area contributed by atoms with Crippen molar-refractivity contribution in [1.29, 1.82) is 0 Å². The van der Waals surface area contributed by atoms with Crippen molar-refractivity contribution in [1.82, 2.24) is 5.32 Å². The summed E-state index contributed by atoms with van der Waals surface area (Å²) in [7, 11) is 0. The molecule has 1 heterocycles. The second-order valence-corrected chi connectivity index (χ2v) is 6.05. The minimum atomic E-state index is 0.191. The Balaban J connectivity index is 1.72. The monoisotopic (exact) mass is 289 g/mol. The fourth-order valence-electron chi connectivity index (χ4n) is 3.22. The van der Waals surface area contributed by atoms with Gasteiger partial charge in [-0.2, -0.15) is 0 Å². The van der Waals surface area contributed by atoms with Gasteiger partial charge in [0.25, 0.3) is 0 Å². The maximum absolute atomic E-state index is 11.7. The van der Waals surface area contributed by atoms with Gasteiger partial charge in [-0.1, -0.05) is 62.4 Å². The van der Waals surface area contributed by atoms with E-state index in [1.54, 1.807) is 0 Å². The van der Waals surface area contributed by atoms with Crippen molar-refractivity contribution in [3.63, 3.8) is 0 Å². The highest BCUT2D eigenvalue weighted by Gasteiger charge is 2.32. The number of hydrogen-bond donors (Lipinski definition) is 2. The first-order valence-electron chi connectivity index (χ1n) is 8.26. The molecule has 1 aliphatic rings. The predicted molar refractivity (Wildman–Crippen MR) is 84.8 cm³/mol. The molecule has 3 nitrogen and oxygen atoms in total. The van der Waals surface area contributed by atoms with Crippen LogP contribution < -0.4 is 5.32 Å². The van der Waals surface area contributed by atoms with Gasteiger partial charge < -0.3 is 10.4 Å². The molecule has 0 saturated carbocycles. The van der Waals surface area contributed by atoms with Gasteiger partial charge in [0.1, 0.15) is 0 Å². The number of aliphatic hydroxyl groups excluding tert-OH is 1. The SMILES string of the molecule is O=C1C[C@H](CCCCCCCCO)[C@@H](c2ccccc2)N1. The number of amides is 1. The molecular weight excluding hydrogens is 262 g/mol. The third-order valence-electron chi connectivity index (χ3n) is 4.38. The number of nitrogens with one attached hydrogen (secondary N) is 1. The summed E-state index contributed by atoms with van der Waals surface area (Å²) < 4.78 is 0. The molecule has 2 rings (SSSR count). The van der Waals surface area contributed by atoms with Crippen molar-refractivity contribution in [3.8, 4) is 0 Å². The summed E-state index contributed by atoms with van der Waals surface area (Å²) in [6.45, 7) is 0.314. The van der Waals surface area contributed by atoms with Crippen molar-refractivity contribution in [3.05, 3.63) is 35.9 Å². The molecule has 1 aromatic rings. The zero-order valence-electron chi connectivity index (χ0n) is 12.8. The van der Waals surface area contributed by atoms with Crippen LogP contribution in [0.15, 0.2) is 30.3 Å². The van der Waals surface area contributed by atoms with Gasteiger partial charge in [0.2, 0.25) is 5.91 Å². The Labute approximate surface area is 127 Å². The lowest BCUT2D eigenvalue weighted by Gasteiger charge is -2.19. The molecule has 1 saturated heterocycles. The minimum Gasteiger partial charge on any atom is -0.396 e. The van der Waals surface area contributed by atoms with E-state index in [0.717, 1.165) is 19.3 Å². The molecule has 3 heteroatoms. The molecule has 1 fully saturated rings. The van der Waals surface area contributed by atoms with Gasteiger partial charge >= 0.3 is 0 Å². The van der Waals surface area contributed by atoms with Gasteiger partial charge in [-0.05, 0) is 24.3 Å². The van der Waals surface area contributed by atoms with Gasteiger partial charge in [-0.15, -0.1) is 0 Å². The zero-order valence-corrected chi connectivity index (χ0v) is 12.8. The molecule has 1 amide bonds. The molecule has 116 valence electrons. The summed E-state index contributed by atoms with van der Waals surface area (Å²) in [6.07, 6.45) is 8.74. The van der Waals surface area contributed by atoms with Crippen LogP contribution in [-0.4, -0.2) is 17.6 Å². The number of carbonyl (C=O) groups is 1. The smallest absolute Gasteiger partial charge is 0.220 e. The van der Waals surface area contributed by atoms with Crippen LogP contribution in [0.2, 0.25) is 0 Å². The van der Waals surface area contributed by atoms with Crippen molar-refractivity contribution in [2.75, 3.05) is 6.61 Å². The van der Waals surface area contributed by atoms with E-state index >= 15 is 0 Å². The molecule has 0 spiro atoms. The van der Waals surface area contributed by atoms with Crippen LogP contribution in [0.1, 0.15) is 63.0 Å². The Morgan fingerprint density at radius 2 is 1.67 bits per heavy atom. The second-order valence-electron chi connectivity index (χ2n) is 6.05. The maximum atomic E-state index is 11.7. The quantitative estimate of drug-likeness (QED) is 0.683. The lowest BCUT2D eigenvalue weighted by Crippen LogP contribution is -2.20. The Morgan fingerprint density at radius 3 is 2.38 bits per heavy atom. The lowest BCUT2D eigenvalue weighted by molar-refractivity contribution is -0.119. The van der Waals surface area contributed by atoms with Crippen molar-refractivity contribution in [2.24, 2.45) is 5.92 Å². The molecule has 1 aromatic carbocycles. The number of benzene rings is 1. The van der Waals surface area contributed by atoms with Crippen LogP contribution in [0.3, 0.4) is 0 Å². The van der Waals surface area contributed by atoms with Gasteiger partial charge in [0, 0.05) is 13.0 Å². The van der Waals surface area contributed by atoms with Crippen LogP contribution in [0, 0.1) is 5.92 Å². The molecular formula is C18H27NO2. The van der Waals surface area contributed by atoms with E-state index in [2.05, 4.69) is 17.4 Å². The third-order valence-corrected chi connectivity index (χ3v) is 4.38. The molecule has 0 unspecified atom stereocenters. The van der Waals surface area contributed by atoms with Crippen LogP contribution in [0.4, 0.5) is 0 Å². The summed E-state index contributed by atoms with van der Waals surface area (Å²) in [4.78, 5) is 11.7. The summed E-state index contributed by atoms with van der Waals surface area (Å²) in [5, 5.41) is 11.9. The van der Waals surface area contributed by atoms with E-state index in [9.17, 15) is 4.79 Å². The largest absolute Gasteiger partial charge is 0.396 e. The maximum Gasteiger partial charge on any atom is 0.220 e. The van der Waals surface area contributed by atoms with Gasteiger partial charge in [-0.3, -0.25) is 4.79 Å². The lowest BCUT2D eigenvalue weighted by atomic mass is 9.89. The Kier molecular flexibility index (Phi) is 6.74. The van der Waals surface area contributed by atoms with E-state index in [1.165, 1.54) is 31.2 Å². The predicted octanol–water partition coefficient (Wildman–Crippen LogP) is 3.59. The van der Waals surface area contributed by atoms with Crippen LogP contribution in [-0.2, 0) is 4.79 Å². The average Bonchev–Trinajstić information content (AvgIpc) is 2.88. The first kappa shape index (κ1) is 16.0. The summed E-state index contributed by atoms with van der Waals surface area (Å²) in [5.74, 6) is 0.633. The number of rotatable bonds is 9. The first-order valence-corrected chi connectivity index (χ1v) is 8.26. The Morgan fingerprint density at radius 1 is 1.00 bits per heavy atom. The van der Waals surface area contributed by atoms with Crippen LogP contribution >= 0.6 is 0 Å². The molecule has 0 aromatic heterocycles. The molecule has 2 atom stereocenters. The fourth-order valence-corrected chi connectivity index (χ4v) is 3.22. The Bertz CT molecular complexity index is 418. The first-order chi connectivity index (χ1) is 10.3. The minimum absolute atomic E-state index is 0.191. The number of aliphatic hydroxyl groups is 1. The highest BCUT2D eigenvalue weighted by Crippen LogP contribution is 2.33. The molecule has 0 bridgehead atoms. The van der Waals surface area contributed by atoms with Crippen molar-refractivity contribution < 1.29 is 9.90 Å². The summed E-state index contributed by atoms with van der Waals surface area (Å²) in [5.41, 5.74) is 1.23. The van der Waals surface area contributed by atoms with Crippen LogP contribution in [0.5, 0.6) is 0 Å². The Hall–Kier alpha value is -1.35. The summed E-state index contributed by atoms with van der Waals surface area (Å²) in [6, 6.07) is 10.5. The fraction of sp³-hybridized carbons (Fsp3) is 0.611. The molecule has 0 radical (unpaired) electrons. The normalized spacial score (nSPS) is 21.5. The van der Waals surface area contributed by atoms with E-state index < -0.39 is 0 Å². The average molecular weight is 289 g/mol. The third kappa shape index (κ3) is 5.16. The van der Waals surface area contributed by atoms with Gasteiger partial charge in [0.15, 0.2) is 0 Å². The number of hydrogen-bond acceptors (Lipinski definition) is 2.